The molecular weight excluding hydrogens is 377 g/mol. The number of carbonyl (C=O) groups excluding carboxylic acids is 1. The monoisotopic (exact) mass is 399 g/mol. The van der Waals surface area contributed by atoms with Gasteiger partial charge < -0.3 is 26.4 Å². The predicted molar refractivity (Wildman–Crippen MR) is 107 cm³/mol. The Morgan fingerprint density at radius 1 is 1.36 bits per heavy atom. The second-order valence-corrected chi connectivity index (χ2v) is 6.45. The largest absolute Gasteiger partial charge is 1.00 e. The number of pyridine rings is 1. The molecule has 2 N–H and O–H groups in total. The number of aryl methyl sites for hydroxylation is 1. The number of hydrogen-bond acceptors (Lipinski definition) is 4. The van der Waals surface area contributed by atoms with Crippen LogP contribution in [0.4, 0.5) is 5.69 Å². The van der Waals surface area contributed by atoms with Crippen molar-refractivity contribution in [1.82, 2.24) is 10.3 Å². The molecule has 1 aliphatic rings. The molecule has 0 radical (unpaired) electrons. The van der Waals surface area contributed by atoms with Crippen molar-refractivity contribution in [2.45, 2.75) is 19.9 Å². The number of aromatic nitrogens is 1. The average molecular weight is 400 g/mol. The normalized spacial score (nSPS) is 15.1. The van der Waals surface area contributed by atoms with Gasteiger partial charge in [0.15, 0.2) is 0 Å². The van der Waals surface area contributed by atoms with E-state index in [0.29, 0.717) is 11.3 Å². The molecule has 1 unspecified atom stereocenters. The van der Waals surface area contributed by atoms with E-state index in [1.807, 2.05) is 62.5 Å². The van der Waals surface area contributed by atoms with E-state index in [1.165, 1.54) is 0 Å². The minimum atomic E-state index is -0.164. The quantitative estimate of drug-likeness (QED) is 0.309. The van der Waals surface area contributed by atoms with Crippen molar-refractivity contribution in [3.8, 4) is 0 Å². The molecule has 3 rings (SSSR count). The average Bonchev–Trinajstić information content (AvgIpc) is 2.63. The fourth-order valence-electron chi connectivity index (χ4n) is 2.60. The minimum absolute atomic E-state index is 0. The molecule has 0 spiro atoms. The van der Waals surface area contributed by atoms with Crippen LogP contribution in [-0.2, 0) is 0 Å². The van der Waals surface area contributed by atoms with Crippen LogP contribution in [0.1, 0.15) is 34.5 Å². The van der Waals surface area contributed by atoms with Crippen LogP contribution in [-0.4, -0.2) is 34.4 Å². The number of amides is 1. The van der Waals surface area contributed by atoms with Gasteiger partial charge in [-0.3, -0.25) is 9.78 Å². The first-order valence-electron chi connectivity index (χ1n) is 8.66. The number of aliphatic imine (C=N–C) groups is 1. The smallest absolute Gasteiger partial charge is 0.560 e. The Bertz CT molecular complexity index is 936. The number of nitrogens with one attached hydrogen (secondary N) is 2. The summed E-state index contributed by atoms with van der Waals surface area (Å²) < 4.78 is 1.94. The number of rotatable bonds is 6. The van der Waals surface area contributed by atoms with E-state index >= 15 is 0 Å². The molecule has 0 fully saturated rings. The van der Waals surface area contributed by atoms with Gasteiger partial charge in [0.1, 0.15) is 7.05 Å². The first kappa shape index (κ1) is 22.5. The Morgan fingerprint density at radius 2 is 2.14 bits per heavy atom. The maximum atomic E-state index is 12.5. The van der Waals surface area contributed by atoms with E-state index in [0.717, 1.165) is 16.8 Å². The number of anilines is 1. The molecule has 1 aromatic heterocycles. The summed E-state index contributed by atoms with van der Waals surface area (Å²) in [6.07, 6.45) is 9.87. The van der Waals surface area contributed by atoms with Crippen molar-refractivity contribution in [1.29, 1.82) is 0 Å². The third-order valence-electron chi connectivity index (χ3n) is 4.03. The van der Waals surface area contributed by atoms with Crippen LogP contribution < -0.4 is 62.0 Å². The zero-order chi connectivity index (χ0) is 19.2. The van der Waals surface area contributed by atoms with Gasteiger partial charge in [0.2, 0.25) is 0 Å². The fraction of sp³-hybridized carbons (Fsp3) is 0.190. The molecule has 0 saturated carbocycles. The van der Waals surface area contributed by atoms with E-state index in [-0.39, 0.29) is 63.3 Å². The molecule has 7 heteroatoms. The van der Waals surface area contributed by atoms with Gasteiger partial charge in [-0.2, -0.15) is 0 Å². The van der Waals surface area contributed by atoms with Crippen molar-refractivity contribution >= 4 is 23.5 Å². The molecule has 0 saturated heterocycles. The second-order valence-electron chi connectivity index (χ2n) is 6.45. The molecule has 1 aliphatic heterocycles. The zero-order valence-corrected chi connectivity index (χ0v) is 19.7. The number of carbonyl (C=O) groups is 1. The van der Waals surface area contributed by atoms with E-state index in [2.05, 4.69) is 26.8 Å². The van der Waals surface area contributed by atoms with Gasteiger partial charge in [-0.05, 0) is 43.2 Å². The first-order valence-corrected chi connectivity index (χ1v) is 8.66. The van der Waals surface area contributed by atoms with E-state index < -0.39 is 0 Å². The standard InChI is InChI=1S/C21H22N5O.K/c1-15-9-19(12-22-11-15)25-21(27)18-6-4-5-17(10-18)16(2)23-7-8-24-20-13-26(3)14-20;/h4-6,8-14,16,23H,1-3H3,(H,25,27);/q-1;+1. The molecule has 0 aliphatic carbocycles. The van der Waals surface area contributed by atoms with Crippen LogP contribution in [0, 0.1) is 19.7 Å². The first-order chi connectivity index (χ1) is 13.0. The molecule has 1 atom stereocenters. The van der Waals surface area contributed by atoms with Gasteiger partial charge in [-0.1, -0.05) is 12.1 Å². The maximum absolute atomic E-state index is 12.5. The third kappa shape index (κ3) is 6.39. The minimum Gasteiger partial charge on any atom is -0.560 e. The fourth-order valence-corrected chi connectivity index (χ4v) is 2.60. The van der Waals surface area contributed by atoms with Gasteiger partial charge >= 0.3 is 51.4 Å². The summed E-state index contributed by atoms with van der Waals surface area (Å²) in [5.41, 5.74) is 4.16. The van der Waals surface area contributed by atoms with Crippen molar-refractivity contribution < 1.29 is 60.8 Å². The van der Waals surface area contributed by atoms with Gasteiger partial charge in [0.05, 0.1) is 30.4 Å². The maximum Gasteiger partial charge on any atom is 1.00 e. The molecule has 1 amide bonds. The topological polar surface area (TPSA) is 69.4 Å². The summed E-state index contributed by atoms with van der Waals surface area (Å²) in [5.74, 6) is -0.164. The van der Waals surface area contributed by atoms with Gasteiger partial charge in [0, 0.05) is 17.8 Å². The predicted octanol–water partition coefficient (Wildman–Crippen LogP) is -0.0992. The Balaban J connectivity index is 0.00000280. The summed E-state index contributed by atoms with van der Waals surface area (Å²) in [4.78, 5) is 20.8. The second kappa shape index (κ2) is 10.7. The van der Waals surface area contributed by atoms with Crippen LogP contribution in [0.3, 0.4) is 0 Å². The van der Waals surface area contributed by atoms with Gasteiger partial charge in [-0.25, -0.2) is 0 Å². The summed E-state index contributed by atoms with van der Waals surface area (Å²) in [6, 6.07) is 9.38. The Morgan fingerprint density at radius 3 is 2.86 bits per heavy atom. The van der Waals surface area contributed by atoms with Crippen LogP contribution in [0.15, 0.2) is 53.9 Å². The van der Waals surface area contributed by atoms with Crippen LogP contribution >= 0.6 is 0 Å². The third-order valence-corrected chi connectivity index (χ3v) is 4.03. The van der Waals surface area contributed by atoms with E-state index in [9.17, 15) is 4.79 Å². The Kier molecular flexibility index (Phi) is 8.59. The molecule has 1 aromatic carbocycles. The van der Waals surface area contributed by atoms with Crippen LogP contribution in [0.25, 0.3) is 0 Å². The molecule has 138 valence electrons. The zero-order valence-electron chi connectivity index (χ0n) is 16.6. The van der Waals surface area contributed by atoms with E-state index in [4.69, 9.17) is 0 Å². The molecule has 0 bridgehead atoms. The van der Waals surface area contributed by atoms with Crippen molar-refractivity contribution in [2.75, 3.05) is 12.4 Å². The SMILES string of the molecule is Cc1cncc(NC(=O)c2cccc(C(C)N[C-]=CN=C3C=[N+](C)[CH-]3)c2)c1.[K+]. The summed E-state index contributed by atoms with van der Waals surface area (Å²) >= 11 is 0. The number of hydrogen-bond donors (Lipinski definition) is 2. The molecule has 6 nitrogen and oxygen atoms in total. The Labute approximate surface area is 208 Å². The molecule has 28 heavy (non-hydrogen) atoms. The summed E-state index contributed by atoms with van der Waals surface area (Å²) in [5, 5.41) is 6.02. The Hall–Kier alpha value is -1.77. The molecule has 2 aromatic rings. The van der Waals surface area contributed by atoms with Crippen LogP contribution in [0.2, 0.25) is 0 Å². The number of benzene rings is 1. The molecule has 2 heterocycles. The van der Waals surface area contributed by atoms with Crippen molar-refractivity contribution in [3.05, 3.63) is 78.4 Å². The summed E-state index contributed by atoms with van der Waals surface area (Å²) in [6.45, 7) is 5.86. The summed E-state index contributed by atoms with van der Waals surface area (Å²) in [7, 11) is 1.95. The van der Waals surface area contributed by atoms with Crippen molar-refractivity contribution in [3.63, 3.8) is 0 Å². The van der Waals surface area contributed by atoms with Crippen LogP contribution in [0.5, 0.6) is 0 Å². The van der Waals surface area contributed by atoms with Crippen molar-refractivity contribution in [2.24, 2.45) is 4.99 Å². The van der Waals surface area contributed by atoms with E-state index in [1.54, 1.807) is 24.7 Å². The van der Waals surface area contributed by atoms with Gasteiger partial charge in [0.25, 0.3) is 5.91 Å². The van der Waals surface area contributed by atoms with Gasteiger partial charge in [-0.15, -0.1) is 6.20 Å². The molecular formula is C21H22KN5O. The number of nitrogens with zero attached hydrogens (tertiary/aromatic N) is 3.